The third kappa shape index (κ3) is 2.42. The van der Waals surface area contributed by atoms with E-state index in [-0.39, 0.29) is 5.66 Å². The standard InChI is InChI=1S/C16H23N3S/c1-11-5-4-8-16(10-11)17-15(20)19(18-16)14-7-6-12(2)13(3)9-14/h6-7,9,11,18H,4-5,8,10H2,1-3H3,(H,17,20)/t11-,16+/m1/s1. The number of hydrogen-bond donors (Lipinski definition) is 2. The molecule has 1 saturated carbocycles. The smallest absolute Gasteiger partial charge is 0.189 e. The molecule has 2 N–H and O–H groups in total. The fourth-order valence-corrected chi connectivity index (χ4v) is 3.71. The summed E-state index contributed by atoms with van der Waals surface area (Å²) >= 11 is 5.54. The Kier molecular flexibility index (Phi) is 3.46. The minimum Gasteiger partial charge on any atom is -0.342 e. The summed E-state index contributed by atoms with van der Waals surface area (Å²) in [5.41, 5.74) is 7.33. The molecule has 1 heterocycles. The number of rotatable bonds is 1. The maximum atomic E-state index is 5.54. The van der Waals surface area contributed by atoms with Gasteiger partial charge in [-0.05, 0) is 74.5 Å². The summed E-state index contributed by atoms with van der Waals surface area (Å²) in [4.78, 5) is 0. The van der Waals surface area contributed by atoms with Crippen molar-refractivity contribution in [2.45, 2.75) is 52.1 Å². The van der Waals surface area contributed by atoms with E-state index >= 15 is 0 Å². The molecule has 20 heavy (non-hydrogen) atoms. The molecule has 1 aliphatic carbocycles. The summed E-state index contributed by atoms with van der Waals surface area (Å²) in [6.45, 7) is 6.60. The molecule has 1 aromatic carbocycles. The number of nitrogens with one attached hydrogen (secondary N) is 2. The molecule has 2 aliphatic rings. The quantitative estimate of drug-likeness (QED) is 0.775. The molecule has 1 saturated heterocycles. The highest BCUT2D eigenvalue weighted by molar-refractivity contribution is 7.80. The molecule has 3 nitrogen and oxygen atoms in total. The van der Waals surface area contributed by atoms with E-state index in [1.165, 1.54) is 24.0 Å². The lowest BCUT2D eigenvalue weighted by Crippen LogP contribution is -2.53. The molecule has 0 amide bonds. The van der Waals surface area contributed by atoms with E-state index in [1.54, 1.807) is 0 Å². The maximum absolute atomic E-state index is 5.54. The van der Waals surface area contributed by atoms with Gasteiger partial charge in [-0.3, -0.25) is 5.01 Å². The Hall–Kier alpha value is -1.13. The molecule has 2 atom stereocenters. The molecule has 4 heteroatoms. The molecule has 0 unspecified atom stereocenters. The Morgan fingerprint density at radius 3 is 2.80 bits per heavy atom. The predicted octanol–water partition coefficient (Wildman–Crippen LogP) is 3.41. The third-order valence-corrected chi connectivity index (χ3v) is 4.91. The molecule has 3 rings (SSSR count). The maximum Gasteiger partial charge on any atom is 0.189 e. The van der Waals surface area contributed by atoms with Gasteiger partial charge >= 0.3 is 0 Å². The van der Waals surface area contributed by atoms with Crippen molar-refractivity contribution < 1.29 is 0 Å². The van der Waals surface area contributed by atoms with Gasteiger partial charge in [0.15, 0.2) is 5.11 Å². The molecule has 0 bridgehead atoms. The van der Waals surface area contributed by atoms with Gasteiger partial charge in [-0.1, -0.05) is 19.4 Å². The third-order valence-electron chi connectivity index (χ3n) is 4.62. The number of aryl methyl sites for hydroxylation is 2. The molecule has 1 aliphatic heterocycles. The topological polar surface area (TPSA) is 27.3 Å². The van der Waals surface area contributed by atoms with Gasteiger partial charge in [0.2, 0.25) is 0 Å². The van der Waals surface area contributed by atoms with E-state index < -0.39 is 0 Å². The van der Waals surface area contributed by atoms with Gasteiger partial charge in [0.1, 0.15) is 5.66 Å². The second kappa shape index (κ2) is 5.01. The summed E-state index contributed by atoms with van der Waals surface area (Å²) in [5, 5.41) is 6.36. The van der Waals surface area contributed by atoms with Crippen molar-refractivity contribution in [3.05, 3.63) is 29.3 Å². The fraction of sp³-hybridized carbons (Fsp3) is 0.562. The molecule has 1 spiro atoms. The first-order valence-electron chi connectivity index (χ1n) is 7.46. The number of benzene rings is 1. The first-order chi connectivity index (χ1) is 9.49. The van der Waals surface area contributed by atoms with Crippen LogP contribution >= 0.6 is 12.2 Å². The first kappa shape index (κ1) is 13.8. The number of hydrogen-bond acceptors (Lipinski definition) is 2. The molecular formula is C16H23N3S. The van der Waals surface area contributed by atoms with Gasteiger partial charge in [-0.25, -0.2) is 5.43 Å². The van der Waals surface area contributed by atoms with Crippen LogP contribution in [-0.2, 0) is 0 Å². The number of thiocarbonyl (C=S) groups is 1. The van der Waals surface area contributed by atoms with Crippen LogP contribution in [0.15, 0.2) is 18.2 Å². The highest BCUT2D eigenvalue weighted by atomic mass is 32.1. The molecule has 108 valence electrons. The number of hydrazine groups is 1. The lowest BCUT2D eigenvalue weighted by atomic mass is 9.83. The van der Waals surface area contributed by atoms with E-state index in [0.29, 0.717) is 0 Å². The number of nitrogens with zero attached hydrogens (tertiary/aromatic N) is 1. The Morgan fingerprint density at radius 2 is 2.10 bits per heavy atom. The van der Waals surface area contributed by atoms with Crippen LogP contribution in [0.1, 0.15) is 43.7 Å². The van der Waals surface area contributed by atoms with Crippen LogP contribution < -0.4 is 15.8 Å². The Morgan fingerprint density at radius 1 is 1.30 bits per heavy atom. The van der Waals surface area contributed by atoms with Crippen molar-refractivity contribution in [2.24, 2.45) is 5.92 Å². The van der Waals surface area contributed by atoms with Gasteiger partial charge in [0.05, 0.1) is 5.69 Å². The molecule has 2 fully saturated rings. The zero-order chi connectivity index (χ0) is 14.3. The summed E-state index contributed by atoms with van der Waals surface area (Å²) in [6, 6.07) is 6.49. The molecule has 0 radical (unpaired) electrons. The van der Waals surface area contributed by atoms with Crippen molar-refractivity contribution in [1.29, 1.82) is 0 Å². The zero-order valence-electron chi connectivity index (χ0n) is 12.5. The van der Waals surface area contributed by atoms with Gasteiger partial charge in [0, 0.05) is 0 Å². The normalized spacial score (nSPS) is 29.9. The predicted molar refractivity (Wildman–Crippen MR) is 87.6 cm³/mol. The summed E-state index contributed by atoms with van der Waals surface area (Å²) in [6.07, 6.45) is 4.85. The molecular weight excluding hydrogens is 266 g/mol. The second-order valence-electron chi connectivity index (χ2n) is 6.43. The first-order valence-corrected chi connectivity index (χ1v) is 7.87. The van der Waals surface area contributed by atoms with Gasteiger partial charge in [-0.2, -0.15) is 0 Å². The van der Waals surface area contributed by atoms with Crippen LogP contribution in [0, 0.1) is 19.8 Å². The lowest BCUT2D eigenvalue weighted by Gasteiger charge is -2.36. The minimum atomic E-state index is -0.0342. The van der Waals surface area contributed by atoms with Crippen molar-refractivity contribution in [2.75, 3.05) is 5.01 Å². The van der Waals surface area contributed by atoms with Crippen molar-refractivity contribution in [1.82, 2.24) is 10.7 Å². The lowest BCUT2D eigenvalue weighted by molar-refractivity contribution is 0.192. The van der Waals surface area contributed by atoms with E-state index in [9.17, 15) is 0 Å². The van der Waals surface area contributed by atoms with E-state index in [2.05, 4.69) is 49.7 Å². The van der Waals surface area contributed by atoms with Crippen LogP contribution in [0.4, 0.5) is 5.69 Å². The van der Waals surface area contributed by atoms with E-state index in [4.69, 9.17) is 12.2 Å². The Bertz CT molecular complexity index is 543. The zero-order valence-corrected chi connectivity index (χ0v) is 13.3. The van der Waals surface area contributed by atoms with Gasteiger partial charge < -0.3 is 5.32 Å². The highest BCUT2D eigenvalue weighted by Gasteiger charge is 2.43. The second-order valence-corrected chi connectivity index (χ2v) is 6.82. The van der Waals surface area contributed by atoms with Crippen LogP contribution in [-0.4, -0.2) is 10.8 Å². The monoisotopic (exact) mass is 289 g/mol. The van der Waals surface area contributed by atoms with Gasteiger partial charge in [-0.15, -0.1) is 0 Å². The largest absolute Gasteiger partial charge is 0.342 e. The SMILES string of the molecule is Cc1ccc(N2N[C@]3(CCC[C@@H](C)C3)NC2=S)cc1C. The van der Waals surface area contributed by atoms with Crippen molar-refractivity contribution in [3.63, 3.8) is 0 Å². The van der Waals surface area contributed by atoms with E-state index in [1.807, 2.05) is 5.01 Å². The Balaban J connectivity index is 1.85. The fourth-order valence-electron chi connectivity index (χ4n) is 3.37. The van der Waals surface area contributed by atoms with E-state index in [0.717, 1.165) is 29.6 Å². The van der Waals surface area contributed by atoms with Gasteiger partial charge in [0.25, 0.3) is 0 Å². The summed E-state index contributed by atoms with van der Waals surface area (Å²) in [7, 11) is 0. The van der Waals surface area contributed by atoms with Crippen molar-refractivity contribution >= 4 is 23.0 Å². The summed E-state index contributed by atoms with van der Waals surface area (Å²) < 4.78 is 0. The minimum absolute atomic E-state index is 0.0342. The number of anilines is 1. The average Bonchev–Trinajstić information content (AvgIpc) is 2.69. The van der Waals surface area contributed by atoms with Crippen LogP contribution in [0.25, 0.3) is 0 Å². The molecule has 1 aromatic rings. The van der Waals surface area contributed by atoms with Crippen molar-refractivity contribution in [3.8, 4) is 0 Å². The highest BCUT2D eigenvalue weighted by Crippen LogP contribution is 2.34. The van der Waals surface area contributed by atoms with Crippen LogP contribution in [0.2, 0.25) is 0 Å². The van der Waals surface area contributed by atoms with Crippen LogP contribution in [0.5, 0.6) is 0 Å². The molecule has 0 aromatic heterocycles. The van der Waals surface area contributed by atoms with Crippen LogP contribution in [0.3, 0.4) is 0 Å². The summed E-state index contributed by atoms with van der Waals surface area (Å²) in [5.74, 6) is 0.742. The average molecular weight is 289 g/mol. The Labute approximate surface area is 126 Å².